The van der Waals surface area contributed by atoms with Crippen molar-refractivity contribution in [2.24, 2.45) is 0 Å². The van der Waals surface area contributed by atoms with Gasteiger partial charge in [-0.3, -0.25) is 9.59 Å². The van der Waals surface area contributed by atoms with Crippen LogP contribution in [0.5, 0.6) is 0 Å². The van der Waals surface area contributed by atoms with E-state index in [9.17, 15) is 14.4 Å². The minimum absolute atomic E-state index is 0.0136. The first kappa shape index (κ1) is 15.2. The molecule has 19 heavy (non-hydrogen) atoms. The largest absolute Gasteiger partial charge is 0.481 e. The second-order valence-corrected chi connectivity index (χ2v) is 4.82. The first-order chi connectivity index (χ1) is 8.99. The highest BCUT2D eigenvalue weighted by Crippen LogP contribution is 2.09. The zero-order valence-corrected chi connectivity index (χ0v) is 11.0. The molecule has 1 heterocycles. The van der Waals surface area contributed by atoms with E-state index in [1.54, 1.807) is 6.07 Å². The maximum absolute atomic E-state index is 11.5. The van der Waals surface area contributed by atoms with Crippen molar-refractivity contribution < 1.29 is 24.6 Å². The minimum atomic E-state index is -1.10. The predicted octanol–water partition coefficient (Wildman–Crippen LogP) is 1.11. The second-order valence-electron chi connectivity index (χ2n) is 4.04. The van der Waals surface area contributed by atoms with E-state index < -0.39 is 23.9 Å². The van der Waals surface area contributed by atoms with Crippen molar-refractivity contribution in [3.8, 4) is 0 Å². The van der Waals surface area contributed by atoms with Gasteiger partial charge in [0, 0.05) is 19.3 Å². The normalized spacial score (nSPS) is 11.8. The van der Waals surface area contributed by atoms with Crippen molar-refractivity contribution >= 4 is 29.2 Å². The van der Waals surface area contributed by atoms with Gasteiger partial charge in [-0.25, -0.2) is 4.79 Å². The van der Waals surface area contributed by atoms with Crippen LogP contribution in [-0.2, 0) is 20.8 Å². The third-order valence-electron chi connectivity index (χ3n) is 2.45. The van der Waals surface area contributed by atoms with Crippen LogP contribution in [0.4, 0.5) is 0 Å². The first-order valence-electron chi connectivity index (χ1n) is 5.74. The van der Waals surface area contributed by atoms with E-state index in [1.165, 1.54) is 11.3 Å². The molecule has 0 bridgehead atoms. The monoisotopic (exact) mass is 285 g/mol. The van der Waals surface area contributed by atoms with Gasteiger partial charge in [-0.2, -0.15) is 11.3 Å². The molecule has 0 aliphatic carbocycles. The van der Waals surface area contributed by atoms with E-state index in [1.807, 2.05) is 10.8 Å². The molecule has 0 spiro atoms. The second kappa shape index (κ2) is 7.52. The lowest BCUT2D eigenvalue weighted by Crippen LogP contribution is -2.42. The van der Waals surface area contributed by atoms with Crippen molar-refractivity contribution in [3.05, 3.63) is 22.4 Å². The summed E-state index contributed by atoms with van der Waals surface area (Å²) in [5.41, 5.74) is 0.850. The first-order valence-corrected chi connectivity index (χ1v) is 6.68. The Morgan fingerprint density at radius 2 is 2.00 bits per heavy atom. The minimum Gasteiger partial charge on any atom is -0.481 e. The average molecular weight is 285 g/mol. The Labute approximate surface area is 114 Å². The van der Waals surface area contributed by atoms with Crippen LogP contribution in [0, 0.1) is 0 Å². The standard InChI is InChI=1S/C12H15NO5S/c14-10(2-1-3-11(15)16)13-9(12(17)18)6-8-4-5-19-7-8/h4-5,7,9H,1-3,6H2,(H,13,14)(H,15,16)(H,17,18). The van der Waals surface area contributed by atoms with Gasteiger partial charge >= 0.3 is 11.9 Å². The fraction of sp³-hybridized carbons (Fsp3) is 0.417. The Morgan fingerprint density at radius 3 is 2.53 bits per heavy atom. The summed E-state index contributed by atoms with van der Waals surface area (Å²) in [6.07, 6.45) is 0.338. The molecule has 6 nitrogen and oxygen atoms in total. The lowest BCUT2D eigenvalue weighted by atomic mass is 10.1. The van der Waals surface area contributed by atoms with Crippen LogP contribution in [0.3, 0.4) is 0 Å². The van der Waals surface area contributed by atoms with Crippen LogP contribution >= 0.6 is 11.3 Å². The molecule has 0 saturated heterocycles. The van der Waals surface area contributed by atoms with Crippen molar-refractivity contribution in [1.82, 2.24) is 5.32 Å². The Kier molecular flexibility index (Phi) is 6.01. The average Bonchev–Trinajstić information content (AvgIpc) is 2.80. The zero-order valence-electron chi connectivity index (χ0n) is 10.2. The van der Waals surface area contributed by atoms with Gasteiger partial charge in [-0.05, 0) is 28.8 Å². The molecule has 1 atom stereocenters. The van der Waals surface area contributed by atoms with E-state index in [0.29, 0.717) is 0 Å². The molecule has 0 aromatic carbocycles. The number of amides is 1. The third kappa shape index (κ3) is 6.01. The molecule has 104 valence electrons. The fourth-order valence-corrected chi connectivity index (χ4v) is 2.19. The van der Waals surface area contributed by atoms with Crippen LogP contribution in [0.1, 0.15) is 24.8 Å². The van der Waals surface area contributed by atoms with Gasteiger partial charge in [0.25, 0.3) is 0 Å². The van der Waals surface area contributed by atoms with Gasteiger partial charge in [0.05, 0.1) is 0 Å². The predicted molar refractivity (Wildman–Crippen MR) is 69.1 cm³/mol. The molecular weight excluding hydrogens is 270 g/mol. The summed E-state index contributed by atoms with van der Waals surface area (Å²) in [6, 6.07) is 0.823. The lowest BCUT2D eigenvalue weighted by Gasteiger charge is -2.13. The molecule has 0 saturated carbocycles. The third-order valence-corrected chi connectivity index (χ3v) is 3.18. The Hall–Kier alpha value is -1.89. The number of carbonyl (C=O) groups excluding carboxylic acids is 1. The molecule has 1 aromatic rings. The Bertz CT molecular complexity index is 443. The van der Waals surface area contributed by atoms with Crippen molar-refractivity contribution in [2.75, 3.05) is 0 Å². The number of nitrogens with one attached hydrogen (secondary N) is 1. The van der Waals surface area contributed by atoms with Gasteiger partial charge in [-0.1, -0.05) is 0 Å². The number of carbonyl (C=O) groups is 3. The number of rotatable bonds is 8. The van der Waals surface area contributed by atoms with E-state index in [-0.39, 0.29) is 25.7 Å². The summed E-state index contributed by atoms with van der Waals surface area (Å²) in [5, 5.41) is 23.5. The molecule has 1 aromatic heterocycles. The van der Waals surface area contributed by atoms with Gasteiger partial charge in [0.1, 0.15) is 6.04 Å². The van der Waals surface area contributed by atoms with Crippen LogP contribution < -0.4 is 5.32 Å². The number of thiophene rings is 1. The molecule has 7 heteroatoms. The van der Waals surface area contributed by atoms with Gasteiger partial charge in [-0.15, -0.1) is 0 Å². The van der Waals surface area contributed by atoms with E-state index in [2.05, 4.69) is 5.32 Å². The number of hydrogen-bond acceptors (Lipinski definition) is 4. The molecule has 3 N–H and O–H groups in total. The highest BCUT2D eigenvalue weighted by molar-refractivity contribution is 7.07. The molecule has 0 fully saturated rings. The van der Waals surface area contributed by atoms with Gasteiger partial charge in [0.2, 0.25) is 5.91 Å². The van der Waals surface area contributed by atoms with Crippen LogP contribution in [0.2, 0.25) is 0 Å². The summed E-state index contributed by atoms with van der Waals surface area (Å²) in [4.78, 5) is 32.8. The fourth-order valence-electron chi connectivity index (χ4n) is 1.51. The maximum Gasteiger partial charge on any atom is 0.326 e. The smallest absolute Gasteiger partial charge is 0.326 e. The molecule has 1 amide bonds. The maximum atomic E-state index is 11.5. The molecule has 0 aliphatic rings. The highest BCUT2D eigenvalue weighted by Gasteiger charge is 2.20. The number of carboxylic acids is 2. The topological polar surface area (TPSA) is 104 Å². The van der Waals surface area contributed by atoms with E-state index in [4.69, 9.17) is 10.2 Å². The molecule has 1 unspecified atom stereocenters. The Balaban J connectivity index is 2.42. The molecular formula is C12H15NO5S. The number of hydrogen-bond donors (Lipinski definition) is 3. The van der Waals surface area contributed by atoms with Crippen molar-refractivity contribution in [3.63, 3.8) is 0 Å². The lowest BCUT2D eigenvalue weighted by molar-refractivity contribution is -0.142. The van der Waals surface area contributed by atoms with Crippen LogP contribution in [-0.4, -0.2) is 34.1 Å². The quantitative estimate of drug-likeness (QED) is 0.664. The molecule has 0 radical (unpaired) electrons. The number of aliphatic carboxylic acids is 2. The number of carboxylic acid groups (broad SMARTS) is 2. The Morgan fingerprint density at radius 1 is 1.26 bits per heavy atom. The van der Waals surface area contributed by atoms with Gasteiger partial charge < -0.3 is 15.5 Å². The van der Waals surface area contributed by atoms with Crippen LogP contribution in [0.25, 0.3) is 0 Å². The zero-order chi connectivity index (χ0) is 14.3. The summed E-state index contributed by atoms with van der Waals surface area (Å²) in [5.74, 6) is -2.51. The molecule has 1 rings (SSSR count). The van der Waals surface area contributed by atoms with Crippen molar-refractivity contribution in [1.29, 1.82) is 0 Å². The summed E-state index contributed by atoms with van der Waals surface area (Å²) < 4.78 is 0. The summed E-state index contributed by atoms with van der Waals surface area (Å²) in [7, 11) is 0. The van der Waals surface area contributed by atoms with Crippen LogP contribution in [0.15, 0.2) is 16.8 Å². The summed E-state index contributed by atoms with van der Waals surface area (Å²) >= 11 is 1.46. The van der Waals surface area contributed by atoms with E-state index in [0.717, 1.165) is 5.56 Å². The highest BCUT2D eigenvalue weighted by atomic mass is 32.1. The van der Waals surface area contributed by atoms with Crippen molar-refractivity contribution in [2.45, 2.75) is 31.7 Å². The van der Waals surface area contributed by atoms with Gasteiger partial charge in [0.15, 0.2) is 0 Å². The molecule has 0 aliphatic heterocycles. The summed E-state index contributed by atoms with van der Waals surface area (Å²) in [6.45, 7) is 0. The van der Waals surface area contributed by atoms with E-state index >= 15 is 0 Å². The SMILES string of the molecule is O=C(O)CCCC(=O)NC(Cc1ccsc1)C(=O)O.